The van der Waals surface area contributed by atoms with Crippen molar-refractivity contribution < 1.29 is 41.8 Å². The molecule has 56 heavy (non-hydrogen) atoms. The summed E-state index contributed by atoms with van der Waals surface area (Å²) in [6.07, 6.45) is -2.48. The molecule has 6 aromatic rings. The Hall–Kier alpha value is -6.51. The fraction of sp³-hybridized carbons (Fsp3) is 0.220. The highest BCUT2D eigenvalue weighted by Crippen LogP contribution is 2.37. The number of alkyl halides is 3. The Bertz CT molecular complexity index is 2640. The molecule has 0 fully saturated rings. The van der Waals surface area contributed by atoms with E-state index in [1.54, 1.807) is 26.0 Å². The van der Waals surface area contributed by atoms with Gasteiger partial charge < -0.3 is 30.8 Å². The molecule has 0 spiro atoms. The molecule has 2 amide bonds. The highest BCUT2D eigenvalue weighted by molar-refractivity contribution is 6.07. The summed E-state index contributed by atoms with van der Waals surface area (Å²) in [5.41, 5.74) is -1.20. The van der Waals surface area contributed by atoms with E-state index in [-0.39, 0.29) is 44.7 Å². The van der Waals surface area contributed by atoms with Crippen LogP contribution in [0, 0.1) is 18.6 Å². The van der Waals surface area contributed by atoms with Crippen molar-refractivity contribution in [3.8, 4) is 11.5 Å². The van der Waals surface area contributed by atoms with Gasteiger partial charge in [0, 0.05) is 35.6 Å². The highest BCUT2D eigenvalue weighted by atomic mass is 19.4. The fourth-order valence-electron chi connectivity index (χ4n) is 5.88. The van der Waals surface area contributed by atoms with E-state index in [9.17, 15) is 51.3 Å². The van der Waals surface area contributed by atoms with Crippen molar-refractivity contribution in [1.29, 1.82) is 0 Å². The number of phenols is 2. The Morgan fingerprint density at radius 3 is 1.91 bits per heavy atom. The molecular formula is C41H37F5N4O6. The molecule has 0 atom stereocenters. The summed E-state index contributed by atoms with van der Waals surface area (Å²) < 4.78 is 67.0. The number of carbonyl (C=O) groups excluding carboxylic acids is 2. The van der Waals surface area contributed by atoms with Crippen molar-refractivity contribution in [2.24, 2.45) is 0 Å². The third kappa shape index (κ3) is 8.41. The smallest absolute Gasteiger partial charge is 0.418 e. The average Bonchev–Trinajstić information content (AvgIpc) is 3.10. The van der Waals surface area contributed by atoms with Gasteiger partial charge in [-0.05, 0) is 71.3 Å². The van der Waals surface area contributed by atoms with Crippen LogP contribution in [0.4, 0.5) is 33.3 Å². The van der Waals surface area contributed by atoms with Gasteiger partial charge in [-0.3, -0.25) is 19.2 Å². The number of hydrogen-bond acceptors (Lipinski definition) is 6. The minimum absolute atomic E-state index is 0.0530. The Kier molecular flexibility index (Phi) is 11.1. The molecule has 0 saturated heterocycles. The molecule has 0 radical (unpaired) electrons. The minimum Gasteiger partial charge on any atom is -0.508 e. The first kappa shape index (κ1) is 40.7. The standard InChI is InChI=1S/C21H22N2O4.C20H15F5N2O2/c1-11-8-13(21(2,3)4)17(25)9-15(11)23-20(27)12-10-22-14-6-5-7-16(24)18(14)19(12)26;1-9(2)10-3-4-16(13(5-10)20(23,24)25)27-19(29)12-8-26-17-7-15(22)14(21)6-11(17)18(12)28/h5-10,24-25H,1-4H3,(H,22,26)(H,23,27);3-9H,1-2H3,(H,26,28)(H,27,29). The number of hydrogen-bond donors (Lipinski definition) is 6. The number of rotatable bonds is 5. The molecule has 6 rings (SSSR count). The maximum absolute atomic E-state index is 13.4. The van der Waals surface area contributed by atoms with E-state index in [0.717, 1.165) is 35.5 Å². The normalized spacial score (nSPS) is 11.7. The fourth-order valence-corrected chi connectivity index (χ4v) is 5.88. The van der Waals surface area contributed by atoms with Crippen LogP contribution in [0.25, 0.3) is 21.8 Å². The Morgan fingerprint density at radius 1 is 0.714 bits per heavy atom. The van der Waals surface area contributed by atoms with Gasteiger partial charge in [0.15, 0.2) is 11.6 Å². The predicted molar refractivity (Wildman–Crippen MR) is 204 cm³/mol. The van der Waals surface area contributed by atoms with Crippen molar-refractivity contribution in [3.05, 3.63) is 139 Å². The van der Waals surface area contributed by atoms with Crippen molar-refractivity contribution in [1.82, 2.24) is 9.97 Å². The van der Waals surface area contributed by atoms with Crippen LogP contribution < -0.4 is 21.5 Å². The summed E-state index contributed by atoms with van der Waals surface area (Å²) >= 11 is 0. The van der Waals surface area contributed by atoms with E-state index in [1.165, 1.54) is 24.4 Å². The number of halogens is 5. The zero-order valence-corrected chi connectivity index (χ0v) is 30.9. The molecule has 0 bridgehead atoms. The van der Waals surface area contributed by atoms with Crippen molar-refractivity contribution in [3.63, 3.8) is 0 Å². The van der Waals surface area contributed by atoms with Gasteiger partial charge in [-0.15, -0.1) is 0 Å². The molecule has 0 aliphatic heterocycles. The van der Waals surface area contributed by atoms with Crippen molar-refractivity contribution in [2.45, 2.75) is 59.1 Å². The van der Waals surface area contributed by atoms with Gasteiger partial charge in [-0.1, -0.05) is 46.8 Å². The number of benzene rings is 4. The molecule has 2 aromatic heterocycles. The van der Waals surface area contributed by atoms with Crippen LogP contribution in [0.3, 0.4) is 0 Å². The van der Waals surface area contributed by atoms with E-state index in [4.69, 9.17) is 0 Å². The van der Waals surface area contributed by atoms with Crippen LogP contribution in [0.2, 0.25) is 0 Å². The number of nitrogens with one attached hydrogen (secondary N) is 4. The topological polar surface area (TPSA) is 164 Å². The van der Waals surface area contributed by atoms with Crippen LogP contribution in [0.15, 0.2) is 82.6 Å². The number of pyridine rings is 2. The zero-order chi connectivity index (χ0) is 41.4. The first-order chi connectivity index (χ1) is 26.1. The Balaban J connectivity index is 0.000000215. The number of carbonyl (C=O) groups is 2. The number of aromatic nitrogens is 2. The zero-order valence-electron chi connectivity index (χ0n) is 30.9. The largest absolute Gasteiger partial charge is 0.508 e. The molecule has 2 heterocycles. The van der Waals surface area contributed by atoms with E-state index in [2.05, 4.69) is 20.6 Å². The number of aromatic hydroxyl groups is 2. The summed E-state index contributed by atoms with van der Waals surface area (Å²) in [6.45, 7) is 11.2. The second-order valence-electron chi connectivity index (χ2n) is 14.4. The summed E-state index contributed by atoms with van der Waals surface area (Å²) in [5, 5.41) is 24.8. The summed E-state index contributed by atoms with van der Waals surface area (Å²) in [5.74, 6) is -4.48. The predicted octanol–water partition coefficient (Wildman–Crippen LogP) is 9.00. The number of aryl methyl sites for hydroxylation is 1. The molecule has 10 nitrogen and oxygen atoms in total. The minimum atomic E-state index is -4.73. The van der Waals surface area contributed by atoms with Crippen LogP contribution in [-0.2, 0) is 11.6 Å². The molecule has 0 aliphatic carbocycles. The van der Waals surface area contributed by atoms with Gasteiger partial charge in [0.05, 0.1) is 27.7 Å². The van der Waals surface area contributed by atoms with Gasteiger partial charge in [0.1, 0.15) is 22.6 Å². The third-order valence-corrected chi connectivity index (χ3v) is 8.96. The lowest BCUT2D eigenvalue weighted by atomic mass is 9.85. The van der Waals surface area contributed by atoms with Gasteiger partial charge in [0.2, 0.25) is 10.9 Å². The maximum Gasteiger partial charge on any atom is 0.418 e. The lowest BCUT2D eigenvalue weighted by Crippen LogP contribution is -2.23. The van der Waals surface area contributed by atoms with Gasteiger partial charge in [-0.25, -0.2) is 8.78 Å². The maximum atomic E-state index is 13.4. The molecule has 15 heteroatoms. The SMILES string of the molecule is CC(C)c1ccc(NC(=O)c2c[nH]c3cc(F)c(F)cc3c2=O)c(C(F)(F)F)c1.Cc1cc(C(C)(C)C)c(O)cc1NC(=O)c1c[nH]c2cccc(O)c2c1=O. The summed E-state index contributed by atoms with van der Waals surface area (Å²) in [4.78, 5) is 55.5. The van der Waals surface area contributed by atoms with E-state index in [1.807, 2.05) is 33.8 Å². The van der Waals surface area contributed by atoms with Gasteiger partial charge in [0.25, 0.3) is 11.8 Å². The summed E-state index contributed by atoms with van der Waals surface area (Å²) in [7, 11) is 0. The van der Waals surface area contributed by atoms with E-state index < -0.39 is 57.3 Å². The number of anilines is 2. The molecule has 4 aromatic carbocycles. The quantitative estimate of drug-likeness (QED) is 0.0957. The summed E-state index contributed by atoms with van der Waals surface area (Å²) in [6, 6.07) is 12.8. The van der Waals surface area contributed by atoms with Crippen LogP contribution in [0.5, 0.6) is 11.5 Å². The lowest BCUT2D eigenvalue weighted by Gasteiger charge is -2.22. The highest BCUT2D eigenvalue weighted by Gasteiger charge is 2.35. The van der Waals surface area contributed by atoms with Crippen LogP contribution >= 0.6 is 0 Å². The van der Waals surface area contributed by atoms with Crippen LogP contribution in [0.1, 0.15) is 83.5 Å². The van der Waals surface area contributed by atoms with E-state index in [0.29, 0.717) is 22.8 Å². The first-order valence-electron chi connectivity index (χ1n) is 17.1. The third-order valence-electron chi connectivity index (χ3n) is 8.96. The van der Waals surface area contributed by atoms with Crippen molar-refractivity contribution >= 4 is 45.0 Å². The molecule has 6 N–H and O–H groups in total. The molecule has 292 valence electrons. The number of amides is 2. The number of H-pyrrole nitrogens is 2. The monoisotopic (exact) mass is 776 g/mol. The van der Waals surface area contributed by atoms with Crippen molar-refractivity contribution in [2.75, 3.05) is 10.6 Å². The first-order valence-corrected chi connectivity index (χ1v) is 17.1. The second-order valence-corrected chi connectivity index (χ2v) is 14.4. The Labute approximate surface area is 316 Å². The van der Waals surface area contributed by atoms with Crippen LogP contribution in [-0.4, -0.2) is 32.0 Å². The molecule has 0 unspecified atom stereocenters. The molecular weight excluding hydrogens is 739 g/mol. The number of aromatic amines is 2. The molecule has 0 aliphatic rings. The molecule has 0 saturated carbocycles. The number of fused-ring (bicyclic) bond motifs is 2. The lowest BCUT2D eigenvalue weighted by molar-refractivity contribution is -0.137. The second kappa shape index (κ2) is 15.3. The van der Waals surface area contributed by atoms with E-state index >= 15 is 0 Å². The Morgan fingerprint density at radius 2 is 1.30 bits per heavy atom. The van der Waals surface area contributed by atoms with Gasteiger partial charge in [-0.2, -0.15) is 13.2 Å². The number of phenolic OH excluding ortho intramolecular Hbond substituents is 2. The average molecular weight is 777 g/mol. The van der Waals surface area contributed by atoms with Gasteiger partial charge >= 0.3 is 6.18 Å².